The van der Waals surface area contributed by atoms with Crippen molar-refractivity contribution >= 4 is 17.3 Å². The predicted octanol–water partition coefficient (Wildman–Crippen LogP) is 4.46. The first-order valence-electron chi connectivity index (χ1n) is 8.24. The SMILES string of the molecule is Cc1cc(Nc2ccc(C)c(C)c2)n2nc(-c3ccccc3)nc2n1. The summed E-state index contributed by atoms with van der Waals surface area (Å²) in [5, 5.41) is 8.08. The zero-order valence-electron chi connectivity index (χ0n) is 14.5. The highest BCUT2D eigenvalue weighted by molar-refractivity contribution is 5.62. The fraction of sp³-hybridized carbons (Fsp3) is 0.150. The van der Waals surface area contributed by atoms with Crippen molar-refractivity contribution in [3.05, 3.63) is 71.4 Å². The van der Waals surface area contributed by atoms with Gasteiger partial charge in [-0.15, -0.1) is 5.10 Å². The maximum absolute atomic E-state index is 4.64. The number of rotatable bonds is 3. The number of aromatic nitrogens is 4. The van der Waals surface area contributed by atoms with Crippen LogP contribution in [0.2, 0.25) is 0 Å². The van der Waals surface area contributed by atoms with Gasteiger partial charge in [-0.2, -0.15) is 9.50 Å². The van der Waals surface area contributed by atoms with Gasteiger partial charge in [-0.05, 0) is 44.0 Å². The molecule has 4 rings (SSSR count). The van der Waals surface area contributed by atoms with Gasteiger partial charge in [0.25, 0.3) is 5.78 Å². The van der Waals surface area contributed by atoms with E-state index in [1.54, 1.807) is 4.52 Å². The van der Waals surface area contributed by atoms with Gasteiger partial charge in [0.1, 0.15) is 5.82 Å². The van der Waals surface area contributed by atoms with Gasteiger partial charge in [0, 0.05) is 23.0 Å². The van der Waals surface area contributed by atoms with Gasteiger partial charge in [-0.1, -0.05) is 36.4 Å². The van der Waals surface area contributed by atoms with Crippen molar-refractivity contribution < 1.29 is 0 Å². The fourth-order valence-electron chi connectivity index (χ4n) is 2.75. The Morgan fingerprint density at radius 1 is 0.840 bits per heavy atom. The third kappa shape index (κ3) is 2.96. The lowest BCUT2D eigenvalue weighted by atomic mass is 10.1. The summed E-state index contributed by atoms with van der Waals surface area (Å²) >= 11 is 0. The van der Waals surface area contributed by atoms with Crippen LogP contribution in [0.15, 0.2) is 54.6 Å². The third-order valence-electron chi connectivity index (χ3n) is 4.25. The highest BCUT2D eigenvalue weighted by Gasteiger charge is 2.11. The maximum atomic E-state index is 4.64. The lowest BCUT2D eigenvalue weighted by Crippen LogP contribution is -2.03. The molecule has 0 saturated carbocycles. The molecule has 0 unspecified atom stereocenters. The molecular weight excluding hydrogens is 310 g/mol. The second-order valence-corrected chi connectivity index (χ2v) is 6.22. The molecule has 1 N–H and O–H groups in total. The zero-order valence-corrected chi connectivity index (χ0v) is 14.5. The molecule has 5 nitrogen and oxygen atoms in total. The van der Waals surface area contributed by atoms with Gasteiger partial charge in [0.2, 0.25) is 0 Å². The standard InChI is InChI=1S/C20H19N5/c1-13-9-10-17(11-14(13)2)22-18-12-15(3)21-20-23-19(24-25(18)20)16-7-5-4-6-8-16/h4-12,22H,1-3H3. The fourth-order valence-corrected chi connectivity index (χ4v) is 2.75. The second-order valence-electron chi connectivity index (χ2n) is 6.22. The van der Waals surface area contributed by atoms with Gasteiger partial charge in [-0.3, -0.25) is 0 Å². The molecule has 2 aromatic carbocycles. The van der Waals surface area contributed by atoms with Gasteiger partial charge < -0.3 is 5.32 Å². The molecular formula is C20H19N5. The van der Waals surface area contributed by atoms with E-state index in [9.17, 15) is 0 Å². The summed E-state index contributed by atoms with van der Waals surface area (Å²) in [6.07, 6.45) is 0. The quantitative estimate of drug-likeness (QED) is 0.603. The average molecular weight is 329 g/mol. The van der Waals surface area contributed by atoms with Gasteiger partial charge >= 0.3 is 0 Å². The monoisotopic (exact) mass is 329 g/mol. The van der Waals surface area contributed by atoms with Crippen LogP contribution >= 0.6 is 0 Å². The summed E-state index contributed by atoms with van der Waals surface area (Å²) < 4.78 is 1.75. The number of anilines is 2. The molecule has 0 amide bonds. The molecule has 0 radical (unpaired) electrons. The number of nitrogens with zero attached hydrogens (tertiary/aromatic N) is 4. The molecule has 0 atom stereocenters. The molecule has 0 aliphatic heterocycles. The van der Waals surface area contributed by atoms with E-state index in [2.05, 4.69) is 52.4 Å². The van der Waals surface area contributed by atoms with E-state index >= 15 is 0 Å². The van der Waals surface area contributed by atoms with Crippen LogP contribution in [0.3, 0.4) is 0 Å². The van der Waals surface area contributed by atoms with E-state index in [4.69, 9.17) is 0 Å². The topological polar surface area (TPSA) is 55.1 Å². The number of fused-ring (bicyclic) bond motifs is 1. The van der Waals surface area contributed by atoms with Crippen LogP contribution in [-0.2, 0) is 0 Å². The molecule has 0 fully saturated rings. The van der Waals surface area contributed by atoms with Crippen LogP contribution in [0.25, 0.3) is 17.2 Å². The number of hydrogen-bond acceptors (Lipinski definition) is 4. The molecule has 0 spiro atoms. The highest BCUT2D eigenvalue weighted by atomic mass is 15.4. The summed E-state index contributed by atoms with van der Waals surface area (Å²) in [6, 6.07) is 18.2. The van der Waals surface area contributed by atoms with E-state index in [1.165, 1.54) is 11.1 Å². The third-order valence-corrected chi connectivity index (χ3v) is 4.25. The van der Waals surface area contributed by atoms with Crippen molar-refractivity contribution in [2.75, 3.05) is 5.32 Å². The summed E-state index contributed by atoms with van der Waals surface area (Å²) in [5.41, 5.74) is 5.41. The van der Waals surface area contributed by atoms with Crippen LogP contribution in [-0.4, -0.2) is 19.6 Å². The van der Waals surface area contributed by atoms with Gasteiger partial charge in [-0.25, -0.2) is 4.98 Å². The Kier molecular flexibility index (Phi) is 3.69. The molecule has 5 heteroatoms. The van der Waals surface area contributed by atoms with Crippen molar-refractivity contribution in [1.82, 2.24) is 19.6 Å². The Morgan fingerprint density at radius 3 is 2.40 bits per heavy atom. The minimum absolute atomic E-state index is 0.588. The van der Waals surface area contributed by atoms with Crippen molar-refractivity contribution in [2.45, 2.75) is 20.8 Å². The van der Waals surface area contributed by atoms with Crippen LogP contribution in [0.1, 0.15) is 16.8 Å². The molecule has 25 heavy (non-hydrogen) atoms. The number of aryl methyl sites for hydroxylation is 3. The first kappa shape index (κ1) is 15.3. The minimum atomic E-state index is 0.588. The summed E-state index contributed by atoms with van der Waals surface area (Å²) in [4.78, 5) is 9.08. The molecule has 124 valence electrons. The van der Waals surface area contributed by atoms with E-state index in [0.29, 0.717) is 11.6 Å². The summed E-state index contributed by atoms with van der Waals surface area (Å²) in [6.45, 7) is 6.18. The minimum Gasteiger partial charge on any atom is -0.340 e. The van der Waals surface area contributed by atoms with E-state index in [-0.39, 0.29) is 0 Å². The largest absolute Gasteiger partial charge is 0.340 e. The molecule has 2 heterocycles. The normalized spacial score (nSPS) is 11.0. The predicted molar refractivity (Wildman–Crippen MR) is 100 cm³/mol. The number of benzene rings is 2. The lowest BCUT2D eigenvalue weighted by Gasteiger charge is -2.10. The molecule has 4 aromatic rings. The van der Waals surface area contributed by atoms with E-state index in [1.807, 2.05) is 43.3 Å². The summed E-state index contributed by atoms with van der Waals surface area (Å²) in [5.74, 6) is 2.10. The molecule has 0 aliphatic rings. The van der Waals surface area contributed by atoms with Crippen LogP contribution < -0.4 is 5.32 Å². The molecule has 0 aliphatic carbocycles. The van der Waals surface area contributed by atoms with Crippen LogP contribution in [0, 0.1) is 20.8 Å². The Morgan fingerprint density at radius 2 is 1.64 bits per heavy atom. The van der Waals surface area contributed by atoms with Crippen molar-refractivity contribution in [1.29, 1.82) is 0 Å². The average Bonchev–Trinajstić information content (AvgIpc) is 3.03. The van der Waals surface area contributed by atoms with Crippen molar-refractivity contribution in [2.24, 2.45) is 0 Å². The van der Waals surface area contributed by atoms with Crippen LogP contribution in [0.4, 0.5) is 11.5 Å². The highest BCUT2D eigenvalue weighted by Crippen LogP contribution is 2.22. The maximum Gasteiger partial charge on any atom is 0.254 e. The first-order valence-corrected chi connectivity index (χ1v) is 8.24. The summed E-state index contributed by atoms with van der Waals surface area (Å²) in [7, 11) is 0. The molecule has 2 aromatic heterocycles. The van der Waals surface area contributed by atoms with Gasteiger partial charge in [0.15, 0.2) is 5.82 Å². The zero-order chi connectivity index (χ0) is 17.4. The van der Waals surface area contributed by atoms with Crippen LogP contribution in [0.5, 0.6) is 0 Å². The van der Waals surface area contributed by atoms with Crippen molar-refractivity contribution in [3.8, 4) is 11.4 Å². The van der Waals surface area contributed by atoms with E-state index < -0.39 is 0 Å². The second kappa shape index (κ2) is 6.02. The Labute approximate surface area is 146 Å². The molecule has 0 saturated heterocycles. The molecule has 0 bridgehead atoms. The first-order chi connectivity index (χ1) is 12.1. The van der Waals surface area contributed by atoms with E-state index in [0.717, 1.165) is 22.8 Å². The lowest BCUT2D eigenvalue weighted by molar-refractivity contribution is 0.940. The van der Waals surface area contributed by atoms with Gasteiger partial charge in [0.05, 0.1) is 0 Å². The number of nitrogens with one attached hydrogen (secondary N) is 1. The Balaban J connectivity index is 1.80. The smallest absolute Gasteiger partial charge is 0.254 e. The Hall–Kier alpha value is -3.21. The Bertz CT molecular complexity index is 1050. The van der Waals surface area contributed by atoms with Crippen molar-refractivity contribution in [3.63, 3.8) is 0 Å². The number of hydrogen-bond donors (Lipinski definition) is 1.